The largest absolute Gasteiger partial charge is 0.497 e. The minimum Gasteiger partial charge on any atom is -0.497 e. The predicted octanol–water partition coefficient (Wildman–Crippen LogP) is 3.40. The Morgan fingerprint density at radius 3 is 2.62 bits per heavy atom. The first-order valence-electron chi connectivity index (χ1n) is 7.31. The summed E-state index contributed by atoms with van der Waals surface area (Å²) in [5.41, 5.74) is 0.990. The molecule has 0 saturated heterocycles. The number of hydrogen-bond acceptors (Lipinski definition) is 5. The van der Waals surface area contributed by atoms with Crippen LogP contribution in [-0.2, 0) is 11.3 Å². The van der Waals surface area contributed by atoms with Crippen molar-refractivity contribution in [2.75, 3.05) is 7.11 Å². The molecule has 2 aromatic rings. The number of nitro benzene ring substituents is 1. The van der Waals surface area contributed by atoms with E-state index in [1.54, 1.807) is 26.2 Å². The van der Waals surface area contributed by atoms with Gasteiger partial charge in [0, 0.05) is 23.6 Å². The highest BCUT2D eigenvalue weighted by atomic mass is 32.2. The highest BCUT2D eigenvalue weighted by Crippen LogP contribution is 2.25. The average Bonchev–Trinajstić information content (AvgIpc) is 2.60. The number of carbonyl (C=O) groups excluding carboxylic acids is 1. The van der Waals surface area contributed by atoms with Crippen LogP contribution in [0.1, 0.15) is 12.5 Å². The van der Waals surface area contributed by atoms with Gasteiger partial charge in [0.15, 0.2) is 0 Å². The quantitative estimate of drug-likeness (QED) is 0.472. The molecule has 0 spiro atoms. The van der Waals surface area contributed by atoms with Gasteiger partial charge in [-0.2, -0.15) is 0 Å². The molecule has 0 aromatic heterocycles. The summed E-state index contributed by atoms with van der Waals surface area (Å²) in [5.74, 6) is 0.649. The maximum Gasteiger partial charge on any atom is 0.269 e. The number of benzene rings is 2. The number of hydrogen-bond donors (Lipinski definition) is 1. The molecule has 6 nitrogen and oxygen atoms in total. The SMILES string of the molecule is COc1cccc(CNC(=O)[C@@H](C)Sc2ccc([N+](=O)[O-])cc2)c1. The molecule has 7 heteroatoms. The maximum atomic E-state index is 12.2. The van der Waals surface area contributed by atoms with Crippen molar-refractivity contribution in [3.05, 3.63) is 64.2 Å². The third-order valence-corrected chi connectivity index (χ3v) is 4.44. The van der Waals surface area contributed by atoms with E-state index in [1.165, 1.54) is 23.9 Å². The van der Waals surface area contributed by atoms with E-state index in [1.807, 2.05) is 24.3 Å². The third kappa shape index (κ3) is 4.99. The molecule has 2 rings (SSSR count). The Morgan fingerprint density at radius 2 is 2.00 bits per heavy atom. The summed E-state index contributed by atoms with van der Waals surface area (Å²) in [5, 5.41) is 13.2. The van der Waals surface area contributed by atoms with E-state index in [9.17, 15) is 14.9 Å². The van der Waals surface area contributed by atoms with Crippen molar-refractivity contribution in [1.82, 2.24) is 5.32 Å². The zero-order chi connectivity index (χ0) is 17.5. The molecule has 1 N–H and O–H groups in total. The van der Waals surface area contributed by atoms with Crippen LogP contribution in [0.2, 0.25) is 0 Å². The monoisotopic (exact) mass is 346 g/mol. The van der Waals surface area contributed by atoms with Crippen LogP contribution < -0.4 is 10.1 Å². The average molecular weight is 346 g/mol. The molecule has 2 aromatic carbocycles. The van der Waals surface area contributed by atoms with E-state index in [2.05, 4.69) is 5.32 Å². The number of ether oxygens (including phenoxy) is 1. The molecule has 24 heavy (non-hydrogen) atoms. The molecule has 0 aliphatic carbocycles. The van der Waals surface area contributed by atoms with Crippen LogP contribution >= 0.6 is 11.8 Å². The highest BCUT2D eigenvalue weighted by Gasteiger charge is 2.15. The van der Waals surface area contributed by atoms with Gasteiger partial charge in [-0.25, -0.2) is 0 Å². The minimum absolute atomic E-state index is 0.0366. The summed E-state index contributed by atoms with van der Waals surface area (Å²) in [4.78, 5) is 23.2. The van der Waals surface area contributed by atoms with Gasteiger partial charge in [-0.1, -0.05) is 12.1 Å². The van der Waals surface area contributed by atoms with Gasteiger partial charge in [-0.05, 0) is 36.8 Å². The number of nitro groups is 1. The fourth-order valence-electron chi connectivity index (χ4n) is 2.02. The van der Waals surface area contributed by atoms with Crippen molar-refractivity contribution in [2.24, 2.45) is 0 Å². The lowest BCUT2D eigenvalue weighted by atomic mass is 10.2. The Kier molecular flexibility index (Phi) is 6.20. The summed E-state index contributed by atoms with van der Waals surface area (Å²) in [6.45, 7) is 2.22. The Morgan fingerprint density at radius 1 is 1.29 bits per heavy atom. The van der Waals surface area contributed by atoms with Crippen molar-refractivity contribution in [3.63, 3.8) is 0 Å². The maximum absolute atomic E-state index is 12.2. The van der Waals surface area contributed by atoms with Crippen molar-refractivity contribution < 1.29 is 14.5 Å². The molecular weight excluding hydrogens is 328 g/mol. The molecule has 1 amide bonds. The number of amides is 1. The number of nitrogens with zero attached hydrogens (tertiary/aromatic N) is 1. The van der Waals surface area contributed by atoms with Crippen LogP contribution in [0.15, 0.2) is 53.4 Å². The lowest BCUT2D eigenvalue weighted by Gasteiger charge is -2.12. The first kappa shape index (κ1) is 17.8. The molecule has 0 heterocycles. The third-order valence-electron chi connectivity index (χ3n) is 3.33. The first-order valence-corrected chi connectivity index (χ1v) is 8.19. The van der Waals surface area contributed by atoms with Gasteiger partial charge in [0.1, 0.15) is 5.75 Å². The molecule has 0 unspecified atom stereocenters. The van der Waals surface area contributed by atoms with Gasteiger partial charge < -0.3 is 10.1 Å². The van der Waals surface area contributed by atoms with Crippen LogP contribution in [-0.4, -0.2) is 23.2 Å². The molecule has 1 atom stereocenters. The second-order valence-corrected chi connectivity index (χ2v) is 6.49. The fourth-order valence-corrected chi connectivity index (χ4v) is 2.91. The fraction of sp³-hybridized carbons (Fsp3) is 0.235. The van der Waals surface area contributed by atoms with Gasteiger partial charge in [0.05, 0.1) is 17.3 Å². The van der Waals surface area contributed by atoms with E-state index in [0.29, 0.717) is 6.54 Å². The van der Waals surface area contributed by atoms with Crippen molar-refractivity contribution >= 4 is 23.4 Å². The van der Waals surface area contributed by atoms with E-state index in [-0.39, 0.29) is 16.8 Å². The summed E-state index contributed by atoms with van der Waals surface area (Å²) in [7, 11) is 1.60. The van der Waals surface area contributed by atoms with Crippen LogP contribution in [0.25, 0.3) is 0 Å². The van der Waals surface area contributed by atoms with E-state index >= 15 is 0 Å². The Balaban J connectivity index is 1.88. The zero-order valence-corrected chi connectivity index (χ0v) is 14.2. The lowest BCUT2D eigenvalue weighted by molar-refractivity contribution is -0.384. The smallest absolute Gasteiger partial charge is 0.269 e. The first-order chi connectivity index (χ1) is 11.5. The number of carbonyl (C=O) groups is 1. The predicted molar refractivity (Wildman–Crippen MR) is 93.3 cm³/mol. The highest BCUT2D eigenvalue weighted by molar-refractivity contribution is 8.00. The van der Waals surface area contributed by atoms with Gasteiger partial charge in [0.25, 0.3) is 5.69 Å². The Labute approximate surface area is 144 Å². The van der Waals surface area contributed by atoms with E-state index in [0.717, 1.165) is 16.2 Å². The van der Waals surface area contributed by atoms with Gasteiger partial charge in [-0.3, -0.25) is 14.9 Å². The van der Waals surface area contributed by atoms with Crippen LogP contribution in [0.4, 0.5) is 5.69 Å². The van der Waals surface area contributed by atoms with Crippen molar-refractivity contribution in [3.8, 4) is 5.75 Å². The summed E-state index contributed by atoms with van der Waals surface area (Å²) in [6.07, 6.45) is 0. The molecule has 0 radical (unpaired) electrons. The molecular formula is C17H18N2O4S. The summed E-state index contributed by atoms with van der Waals surface area (Å²) >= 11 is 1.36. The Hall–Kier alpha value is -2.54. The van der Waals surface area contributed by atoms with Crippen LogP contribution in [0.5, 0.6) is 5.75 Å². The summed E-state index contributed by atoms with van der Waals surface area (Å²) < 4.78 is 5.15. The molecule has 0 aliphatic rings. The van der Waals surface area contributed by atoms with Gasteiger partial charge >= 0.3 is 0 Å². The summed E-state index contributed by atoms with van der Waals surface area (Å²) in [6, 6.07) is 13.7. The zero-order valence-electron chi connectivity index (χ0n) is 13.4. The number of non-ortho nitro benzene ring substituents is 1. The molecule has 126 valence electrons. The number of methoxy groups -OCH3 is 1. The number of nitrogens with one attached hydrogen (secondary N) is 1. The second kappa shape index (κ2) is 8.35. The van der Waals surface area contributed by atoms with Crippen molar-refractivity contribution in [1.29, 1.82) is 0 Å². The topological polar surface area (TPSA) is 81.5 Å². The molecule has 0 fully saturated rings. The standard InChI is InChI=1S/C17H18N2O4S/c1-12(24-16-8-6-14(7-9-16)19(21)22)17(20)18-11-13-4-3-5-15(10-13)23-2/h3-10,12H,11H2,1-2H3,(H,18,20)/t12-/m1/s1. The van der Waals surface area contributed by atoms with Crippen LogP contribution in [0, 0.1) is 10.1 Å². The lowest BCUT2D eigenvalue weighted by Crippen LogP contribution is -2.30. The minimum atomic E-state index is -0.446. The van der Waals surface area contributed by atoms with Gasteiger partial charge in [0.2, 0.25) is 5.91 Å². The number of rotatable bonds is 7. The van der Waals surface area contributed by atoms with E-state index in [4.69, 9.17) is 4.74 Å². The molecule has 0 saturated carbocycles. The number of thioether (sulfide) groups is 1. The van der Waals surface area contributed by atoms with Gasteiger partial charge in [-0.15, -0.1) is 11.8 Å². The molecule has 0 aliphatic heterocycles. The molecule has 0 bridgehead atoms. The second-order valence-electron chi connectivity index (χ2n) is 5.08. The normalized spacial score (nSPS) is 11.6. The van der Waals surface area contributed by atoms with Crippen molar-refractivity contribution in [2.45, 2.75) is 23.6 Å². The van der Waals surface area contributed by atoms with E-state index < -0.39 is 4.92 Å². The van der Waals surface area contributed by atoms with Crippen LogP contribution in [0.3, 0.4) is 0 Å². The Bertz CT molecular complexity index is 719.